The summed E-state index contributed by atoms with van der Waals surface area (Å²) >= 11 is 0. The Labute approximate surface area is 296 Å². The molecule has 11 rings (SSSR count). The molecule has 0 saturated carbocycles. The van der Waals surface area contributed by atoms with Crippen molar-refractivity contribution in [1.29, 1.82) is 0 Å². The number of benzene rings is 8. The van der Waals surface area contributed by atoms with Crippen LogP contribution >= 0.6 is 0 Å². The molecule has 2 aromatic heterocycles. The number of nitrogens with zero attached hydrogens (tertiary/aromatic N) is 2. The van der Waals surface area contributed by atoms with Crippen molar-refractivity contribution in [3.8, 4) is 33.6 Å². The van der Waals surface area contributed by atoms with Crippen LogP contribution in [-0.2, 0) is 5.41 Å². The Hall–Kier alpha value is -6.38. The normalized spacial score (nSPS) is 13.5. The average molecular weight is 651 g/mol. The van der Waals surface area contributed by atoms with E-state index in [1.807, 2.05) is 0 Å². The maximum absolute atomic E-state index is 2.50. The predicted molar refractivity (Wildman–Crippen MR) is 216 cm³/mol. The van der Waals surface area contributed by atoms with Crippen LogP contribution < -0.4 is 0 Å². The van der Waals surface area contributed by atoms with Gasteiger partial charge in [0.05, 0.1) is 27.8 Å². The van der Waals surface area contributed by atoms with E-state index >= 15 is 0 Å². The van der Waals surface area contributed by atoms with E-state index in [-0.39, 0.29) is 5.41 Å². The summed E-state index contributed by atoms with van der Waals surface area (Å²) in [6.45, 7) is 4.75. The van der Waals surface area contributed by atoms with Gasteiger partial charge in [-0.2, -0.15) is 0 Å². The van der Waals surface area contributed by atoms with E-state index in [1.54, 1.807) is 0 Å². The number of para-hydroxylation sites is 2. The Kier molecular flexibility index (Phi) is 5.76. The highest BCUT2D eigenvalue weighted by Crippen LogP contribution is 2.51. The zero-order chi connectivity index (χ0) is 33.8. The first-order valence-electron chi connectivity index (χ1n) is 17.9. The fraction of sp³-hybridized carbons (Fsp3) is 0.0612. The molecule has 51 heavy (non-hydrogen) atoms. The van der Waals surface area contributed by atoms with E-state index in [9.17, 15) is 0 Å². The maximum Gasteiger partial charge on any atom is 0.0547 e. The topological polar surface area (TPSA) is 9.86 Å². The number of hydrogen-bond donors (Lipinski definition) is 0. The van der Waals surface area contributed by atoms with Gasteiger partial charge in [0.15, 0.2) is 0 Å². The van der Waals surface area contributed by atoms with Crippen LogP contribution in [0.2, 0.25) is 0 Å². The van der Waals surface area contributed by atoms with Crippen LogP contribution in [0.25, 0.3) is 88.0 Å². The Bertz CT molecular complexity index is 3040. The van der Waals surface area contributed by atoms with E-state index in [0.29, 0.717) is 0 Å². The Morgan fingerprint density at radius 3 is 1.80 bits per heavy atom. The molecular weight excluding hydrogens is 617 g/mol. The summed E-state index contributed by atoms with van der Waals surface area (Å²) in [5.74, 6) is 0. The molecule has 0 unspecified atom stereocenters. The molecule has 0 fully saturated rings. The first-order valence-corrected chi connectivity index (χ1v) is 17.9. The van der Waals surface area contributed by atoms with E-state index < -0.39 is 0 Å². The minimum Gasteiger partial charge on any atom is -0.309 e. The third-order valence-corrected chi connectivity index (χ3v) is 11.5. The van der Waals surface area contributed by atoms with Crippen LogP contribution in [0.4, 0.5) is 0 Å². The molecule has 0 aliphatic heterocycles. The second kappa shape index (κ2) is 10.3. The highest BCUT2D eigenvalue weighted by molar-refractivity contribution is 6.14. The van der Waals surface area contributed by atoms with E-state index in [4.69, 9.17) is 0 Å². The molecule has 8 aromatic carbocycles. The molecule has 1 aliphatic rings. The van der Waals surface area contributed by atoms with Crippen molar-refractivity contribution in [2.24, 2.45) is 0 Å². The molecule has 0 amide bonds. The first-order chi connectivity index (χ1) is 25.1. The lowest BCUT2D eigenvalue weighted by Gasteiger charge is -2.21. The van der Waals surface area contributed by atoms with Crippen molar-refractivity contribution < 1.29 is 0 Å². The Morgan fingerprint density at radius 2 is 0.980 bits per heavy atom. The average Bonchev–Trinajstić information content (AvgIpc) is 3.76. The van der Waals surface area contributed by atoms with Crippen molar-refractivity contribution in [2.75, 3.05) is 0 Å². The summed E-state index contributed by atoms with van der Waals surface area (Å²) in [6, 6.07) is 62.9. The standard InChI is InChI=1S/C49H34N2/c1-49(2)42-20-10-8-18-36(42)38-30-48-41(29-43(38)49)40-28-33(24-26-47(40)51(48)44-22-12-14-31-13-6-7-17-35(31)44)32-23-25-46-39(27-32)37-19-9-11-21-45(37)50(46)34-15-4-3-5-16-34/h3-30H,1-2H3. The third-order valence-electron chi connectivity index (χ3n) is 11.5. The number of rotatable bonds is 3. The molecule has 0 atom stereocenters. The third kappa shape index (κ3) is 3.93. The van der Waals surface area contributed by atoms with Gasteiger partial charge in [-0.25, -0.2) is 0 Å². The van der Waals surface area contributed by atoms with Crippen LogP contribution in [0.1, 0.15) is 25.0 Å². The van der Waals surface area contributed by atoms with Crippen LogP contribution in [-0.4, -0.2) is 9.13 Å². The number of hydrogen-bond acceptors (Lipinski definition) is 0. The minimum absolute atomic E-state index is 0.0798. The van der Waals surface area contributed by atoms with Crippen molar-refractivity contribution in [2.45, 2.75) is 19.3 Å². The summed E-state index contributed by atoms with van der Waals surface area (Å²) in [7, 11) is 0. The zero-order valence-corrected chi connectivity index (χ0v) is 28.6. The summed E-state index contributed by atoms with van der Waals surface area (Å²) in [6.07, 6.45) is 0. The zero-order valence-electron chi connectivity index (χ0n) is 28.6. The van der Waals surface area contributed by atoms with Gasteiger partial charge in [0, 0.05) is 38.0 Å². The summed E-state index contributed by atoms with van der Waals surface area (Å²) in [5.41, 5.74) is 15.1. The van der Waals surface area contributed by atoms with E-state index in [0.717, 1.165) is 0 Å². The Morgan fingerprint density at radius 1 is 0.373 bits per heavy atom. The monoisotopic (exact) mass is 650 g/mol. The van der Waals surface area contributed by atoms with E-state index in [1.165, 1.54) is 99.1 Å². The van der Waals surface area contributed by atoms with Crippen molar-refractivity contribution in [3.05, 3.63) is 181 Å². The van der Waals surface area contributed by atoms with Gasteiger partial charge in [-0.15, -0.1) is 0 Å². The van der Waals surface area contributed by atoms with Crippen molar-refractivity contribution in [1.82, 2.24) is 9.13 Å². The number of fused-ring (bicyclic) bond motifs is 10. The van der Waals surface area contributed by atoms with Crippen molar-refractivity contribution in [3.63, 3.8) is 0 Å². The SMILES string of the molecule is CC1(C)c2ccccc2-c2cc3c(cc21)c1cc(-c2ccc4c(c2)c2ccccc2n4-c2ccccc2)ccc1n3-c1cccc2ccccc12. The van der Waals surface area contributed by atoms with Gasteiger partial charge in [0.1, 0.15) is 0 Å². The van der Waals surface area contributed by atoms with Crippen LogP contribution in [0.15, 0.2) is 170 Å². The molecule has 0 spiro atoms. The maximum atomic E-state index is 2.50. The lowest BCUT2D eigenvalue weighted by Crippen LogP contribution is -2.14. The van der Waals surface area contributed by atoms with Crippen LogP contribution in [0.5, 0.6) is 0 Å². The second-order valence-corrected chi connectivity index (χ2v) is 14.6. The van der Waals surface area contributed by atoms with Gasteiger partial charge in [0.25, 0.3) is 0 Å². The Balaban J connectivity index is 1.19. The summed E-state index contributed by atoms with van der Waals surface area (Å²) < 4.78 is 4.89. The van der Waals surface area contributed by atoms with Gasteiger partial charge >= 0.3 is 0 Å². The summed E-state index contributed by atoms with van der Waals surface area (Å²) in [4.78, 5) is 0. The molecule has 0 bridgehead atoms. The molecule has 2 heteroatoms. The lowest BCUT2D eigenvalue weighted by molar-refractivity contribution is 0.661. The molecule has 0 radical (unpaired) electrons. The minimum atomic E-state index is -0.0798. The molecule has 0 N–H and O–H groups in total. The largest absolute Gasteiger partial charge is 0.309 e. The fourth-order valence-corrected chi connectivity index (χ4v) is 9.06. The smallest absolute Gasteiger partial charge is 0.0547 e. The van der Waals surface area contributed by atoms with Crippen LogP contribution in [0, 0.1) is 0 Å². The van der Waals surface area contributed by atoms with Gasteiger partial charge in [0.2, 0.25) is 0 Å². The highest BCUT2D eigenvalue weighted by Gasteiger charge is 2.36. The molecule has 10 aromatic rings. The molecular formula is C49H34N2. The fourth-order valence-electron chi connectivity index (χ4n) is 9.06. The molecule has 1 aliphatic carbocycles. The van der Waals surface area contributed by atoms with Gasteiger partial charge in [-0.05, 0) is 99.4 Å². The van der Waals surface area contributed by atoms with Gasteiger partial charge in [-0.1, -0.05) is 123 Å². The molecule has 2 heterocycles. The first kappa shape index (κ1) is 28.5. The summed E-state index contributed by atoms with van der Waals surface area (Å²) in [5, 5.41) is 7.60. The van der Waals surface area contributed by atoms with Crippen LogP contribution in [0.3, 0.4) is 0 Å². The molecule has 240 valence electrons. The number of aromatic nitrogens is 2. The van der Waals surface area contributed by atoms with Gasteiger partial charge < -0.3 is 9.13 Å². The molecule has 2 nitrogen and oxygen atoms in total. The molecule has 0 saturated heterocycles. The lowest BCUT2D eigenvalue weighted by atomic mass is 9.82. The van der Waals surface area contributed by atoms with Crippen molar-refractivity contribution >= 4 is 54.4 Å². The second-order valence-electron chi connectivity index (χ2n) is 14.6. The quantitative estimate of drug-likeness (QED) is 0.180. The predicted octanol–water partition coefficient (Wildman–Crippen LogP) is 13.0. The van der Waals surface area contributed by atoms with E-state index in [2.05, 4.69) is 193 Å². The van der Waals surface area contributed by atoms with Gasteiger partial charge in [-0.3, -0.25) is 0 Å². The highest BCUT2D eigenvalue weighted by atomic mass is 15.0.